The number of esters is 1. The van der Waals surface area contributed by atoms with Crippen molar-refractivity contribution in [3.05, 3.63) is 69.8 Å². The van der Waals surface area contributed by atoms with Crippen LogP contribution in [-0.2, 0) is 20.7 Å². The average molecular weight is 491 g/mol. The monoisotopic (exact) mass is 490 g/mol. The number of nitrogens with one attached hydrogen (secondary N) is 1. The number of amides is 1. The van der Waals surface area contributed by atoms with Crippen molar-refractivity contribution >= 4 is 52.1 Å². The molecule has 1 N–H and O–H groups in total. The van der Waals surface area contributed by atoms with Crippen LogP contribution in [0.15, 0.2) is 48.5 Å². The molecule has 2 aromatic carbocycles. The first-order valence-corrected chi connectivity index (χ1v) is 10.9. The van der Waals surface area contributed by atoms with Crippen LogP contribution < -0.4 is 5.32 Å². The molecule has 0 radical (unpaired) electrons. The first kappa shape index (κ1) is 24.6. The molecule has 33 heavy (non-hydrogen) atoms. The van der Waals surface area contributed by atoms with Crippen molar-refractivity contribution in [3.63, 3.8) is 0 Å². The molecule has 0 aliphatic carbocycles. The van der Waals surface area contributed by atoms with Gasteiger partial charge in [0.05, 0.1) is 12.6 Å². The molecular formula is C24H24Cl2N2O5. The number of hydrogen-bond donors (Lipinski definition) is 1. The van der Waals surface area contributed by atoms with E-state index in [1.807, 2.05) is 0 Å². The molecule has 1 aromatic heterocycles. The minimum atomic E-state index is -1.03. The smallest absolute Gasteiger partial charge is 0.419 e. The van der Waals surface area contributed by atoms with E-state index in [9.17, 15) is 14.4 Å². The lowest BCUT2D eigenvalue weighted by Gasteiger charge is -2.21. The molecule has 0 saturated heterocycles. The third-order valence-electron chi connectivity index (χ3n) is 4.75. The van der Waals surface area contributed by atoms with Crippen molar-refractivity contribution in [2.24, 2.45) is 0 Å². The number of aromatic nitrogens is 1. The predicted octanol–water partition coefficient (Wildman–Crippen LogP) is 5.25. The predicted molar refractivity (Wildman–Crippen MR) is 127 cm³/mol. The fourth-order valence-electron chi connectivity index (χ4n) is 3.31. The second-order valence-corrected chi connectivity index (χ2v) is 9.24. The fraction of sp³-hybridized carbons (Fsp3) is 0.292. The van der Waals surface area contributed by atoms with Gasteiger partial charge in [-0.15, -0.1) is 0 Å². The summed E-state index contributed by atoms with van der Waals surface area (Å²) in [6.07, 6.45) is -0.623. The number of halogens is 2. The van der Waals surface area contributed by atoms with E-state index in [4.69, 9.17) is 32.7 Å². The third-order valence-corrected chi connectivity index (χ3v) is 5.35. The number of nitrogens with zero attached hydrogens (tertiary/aromatic N) is 1. The van der Waals surface area contributed by atoms with Gasteiger partial charge >= 0.3 is 12.1 Å². The van der Waals surface area contributed by atoms with Crippen LogP contribution >= 0.6 is 23.2 Å². The van der Waals surface area contributed by atoms with E-state index in [0.717, 1.165) is 4.57 Å². The van der Waals surface area contributed by atoms with Crippen molar-refractivity contribution in [2.75, 3.05) is 7.11 Å². The summed E-state index contributed by atoms with van der Waals surface area (Å²) in [6, 6.07) is 12.3. The molecule has 1 heterocycles. The molecule has 0 fully saturated rings. The molecule has 1 amide bonds. The van der Waals surface area contributed by atoms with Gasteiger partial charge in [0.15, 0.2) is 0 Å². The molecule has 0 aliphatic heterocycles. The Hall–Kier alpha value is -3.03. The van der Waals surface area contributed by atoms with Crippen LogP contribution in [0.2, 0.25) is 10.0 Å². The summed E-state index contributed by atoms with van der Waals surface area (Å²) in [7, 11) is 1.23. The van der Waals surface area contributed by atoms with Gasteiger partial charge in [-0.05, 0) is 56.7 Å². The zero-order valence-electron chi connectivity index (χ0n) is 18.6. The summed E-state index contributed by atoms with van der Waals surface area (Å²) in [5, 5.41) is 4.13. The van der Waals surface area contributed by atoms with Crippen LogP contribution in [-0.4, -0.2) is 41.3 Å². The minimum Gasteiger partial charge on any atom is -0.467 e. The summed E-state index contributed by atoms with van der Waals surface area (Å²) < 4.78 is 11.5. The summed E-state index contributed by atoms with van der Waals surface area (Å²) in [5.74, 6) is -1.30. The Morgan fingerprint density at radius 1 is 1.06 bits per heavy atom. The van der Waals surface area contributed by atoms with Gasteiger partial charge in [0.1, 0.15) is 17.3 Å². The van der Waals surface area contributed by atoms with Gasteiger partial charge in [-0.3, -0.25) is 4.79 Å². The molecule has 174 valence electrons. The molecule has 3 aromatic rings. The number of benzene rings is 2. The van der Waals surface area contributed by atoms with Crippen LogP contribution in [0.3, 0.4) is 0 Å². The van der Waals surface area contributed by atoms with E-state index >= 15 is 0 Å². The van der Waals surface area contributed by atoms with Gasteiger partial charge in [0, 0.05) is 21.9 Å². The highest BCUT2D eigenvalue weighted by Crippen LogP contribution is 2.25. The number of ether oxygens (including phenoxy) is 2. The van der Waals surface area contributed by atoms with Gasteiger partial charge in [-0.1, -0.05) is 41.4 Å². The fourth-order valence-corrected chi connectivity index (χ4v) is 3.70. The Bertz CT molecular complexity index is 1210. The largest absolute Gasteiger partial charge is 0.467 e. The maximum Gasteiger partial charge on any atom is 0.419 e. The average Bonchev–Trinajstić information content (AvgIpc) is 3.11. The molecule has 3 rings (SSSR count). The number of rotatable bonds is 5. The summed E-state index contributed by atoms with van der Waals surface area (Å²) >= 11 is 12.3. The zero-order valence-corrected chi connectivity index (χ0v) is 20.2. The van der Waals surface area contributed by atoms with Crippen molar-refractivity contribution in [3.8, 4) is 0 Å². The highest BCUT2D eigenvalue weighted by molar-refractivity contribution is 6.31. The van der Waals surface area contributed by atoms with Crippen molar-refractivity contribution in [1.29, 1.82) is 0 Å². The maximum atomic E-state index is 13.3. The Balaban J connectivity index is 2.00. The Morgan fingerprint density at radius 2 is 1.76 bits per heavy atom. The second-order valence-electron chi connectivity index (χ2n) is 8.39. The zero-order chi connectivity index (χ0) is 24.3. The molecule has 9 heteroatoms. The maximum absolute atomic E-state index is 13.3. The van der Waals surface area contributed by atoms with Crippen molar-refractivity contribution < 1.29 is 23.9 Å². The number of hydrogen-bond acceptors (Lipinski definition) is 5. The third kappa shape index (κ3) is 5.86. The quantitative estimate of drug-likeness (QED) is 0.493. The topological polar surface area (TPSA) is 86.6 Å². The number of carbonyl (C=O) groups excluding carboxylic acids is 3. The van der Waals surface area contributed by atoms with E-state index in [-0.39, 0.29) is 12.1 Å². The van der Waals surface area contributed by atoms with Crippen LogP contribution in [0.4, 0.5) is 4.79 Å². The van der Waals surface area contributed by atoms with Gasteiger partial charge < -0.3 is 14.8 Å². The van der Waals surface area contributed by atoms with Gasteiger partial charge in [0.2, 0.25) is 0 Å². The van der Waals surface area contributed by atoms with Gasteiger partial charge in [-0.2, -0.15) is 0 Å². The molecular weight excluding hydrogens is 467 g/mol. The van der Waals surface area contributed by atoms with Crippen molar-refractivity contribution in [1.82, 2.24) is 9.88 Å². The first-order valence-electron chi connectivity index (χ1n) is 10.2. The SMILES string of the molecule is COC(=O)[C@H](Cc1ccccc1Cl)NC(=O)c1cc2cc(Cl)ccc2n1C(=O)OC(C)(C)C. The van der Waals surface area contributed by atoms with E-state index in [2.05, 4.69) is 5.32 Å². The highest BCUT2D eigenvalue weighted by atomic mass is 35.5. The van der Waals surface area contributed by atoms with Crippen LogP contribution in [0.5, 0.6) is 0 Å². The molecule has 0 unspecified atom stereocenters. The van der Waals surface area contributed by atoms with Gasteiger partial charge in [-0.25, -0.2) is 14.2 Å². The molecule has 0 bridgehead atoms. The van der Waals surface area contributed by atoms with Crippen LogP contribution in [0, 0.1) is 0 Å². The van der Waals surface area contributed by atoms with E-state index < -0.39 is 29.6 Å². The standard InChI is InChI=1S/C24H24Cl2N2O5/c1-24(2,3)33-23(31)28-19-10-9-16(25)11-15(19)13-20(28)21(29)27-18(22(30)32-4)12-14-7-5-6-8-17(14)26/h5-11,13,18H,12H2,1-4H3,(H,27,29)/t18-/m0/s1. The first-order chi connectivity index (χ1) is 15.5. The summed E-state index contributed by atoms with van der Waals surface area (Å²) in [5.41, 5.74) is 0.315. The molecule has 7 nitrogen and oxygen atoms in total. The minimum absolute atomic E-state index is 0.00502. The van der Waals surface area contributed by atoms with E-state index in [0.29, 0.717) is 26.5 Å². The Kier molecular flexibility index (Phi) is 7.34. The highest BCUT2D eigenvalue weighted by Gasteiger charge is 2.29. The lowest BCUT2D eigenvalue weighted by atomic mass is 10.1. The van der Waals surface area contributed by atoms with Crippen LogP contribution in [0.1, 0.15) is 36.8 Å². The van der Waals surface area contributed by atoms with Gasteiger partial charge in [0.25, 0.3) is 5.91 Å². The second kappa shape index (κ2) is 9.85. The normalized spacial score (nSPS) is 12.3. The number of fused-ring (bicyclic) bond motifs is 1. The van der Waals surface area contributed by atoms with Crippen LogP contribution in [0.25, 0.3) is 10.9 Å². The lowest BCUT2D eigenvalue weighted by Crippen LogP contribution is -2.44. The van der Waals surface area contributed by atoms with E-state index in [1.165, 1.54) is 13.2 Å². The summed E-state index contributed by atoms with van der Waals surface area (Å²) in [6.45, 7) is 5.18. The lowest BCUT2D eigenvalue weighted by molar-refractivity contribution is -0.142. The van der Waals surface area contributed by atoms with E-state index in [1.54, 1.807) is 63.2 Å². The molecule has 0 aliphatic rings. The molecule has 1 atom stereocenters. The molecule has 0 saturated carbocycles. The Labute approximate surface area is 201 Å². The Morgan fingerprint density at radius 3 is 2.39 bits per heavy atom. The van der Waals surface area contributed by atoms with Crippen molar-refractivity contribution in [2.45, 2.75) is 38.8 Å². The molecule has 0 spiro atoms. The number of methoxy groups -OCH3 is 1. The number of carbonyl (C=O) groups is 3. The summed E-state index contributed by atoms with van der Waals surface area (Å²) in [4.78, 5) is 38.7.